The number of fused-ring (bicyclic) bond motifs is 1. The summed E-state index contributed by atoms with van der Waals surface area (Å²) in [5.41, 5.74) is 5.51. The van der Waals surface area contributed by atoms with Gasteiger partial charge in [-0.1, -0.05) is 30.3 Å². The van der Waals surface area contributed by atoms with E-state index in [2.05, 4.69) is 15.3 Å². The largest absolute Gasteiger partial charge is 0.322 e. The molecule has 5 aromatic rings. The van der Waals surface area contributed by atoms with Crippen LogP contribution < -0.4 is 5.32 Å². The predicted molar refractivity (Wildman–Crippen MR) is 125 cm³/mol. The van der Waals surface area contributed by atoms with Gasteiger partial charge < -0.3 is 5.32 Å². The zero-order valence-corrected chi connectivity index (χ0v) is 17.6. The Balaban J connectivity index is 1.53. The Bertz CT molecular complexity index is 1400. The quantitative estimate of drug-likeness (QED) is 0.387. The summed E-state index contributed by atoms with van der Waals surface area (Å²) in [5.74, 6) is -0.185. The van der Waals surface area contributed by atoms with Crippen LogP contribution in [0.1, 0.15) is 15.4 Å². The van der Waals surface area contributed by atoms with E-state index in [1.54, 1.807) is 23.7 Å². The standard InChI is InChI=1S/C25H18N4OS/c1-16-27-24(15-31-16)17-6-4-8-19(12-17)28-25(30)21-13-23(18-7-5-11-26-14-18)29-22-10-3-2-9-20(21)22/h2-15H,1H3,(H,28,30). The molecule has 0 aliphatic rings. The number of thiazole rings is 1. The Morgan fingerprint density at radius 1 is 0.903 bits per heavy atom. The Morgan fingerprint density at radius 2 is 1.77 bits per heavy atom. The molecule has 0 radical (unpaired) electrons. The first-order chi connectivity index (χ1) is 15.2. The van der Waals surface area contributed by atoms with Crippen LogP contribution in [0.2, 0.25) is 0 Å². The molecule has 5 rings (SSSR count). The number of rotatable bonds is 4. The lowest BCUT2D eigenvalue weighted by atomic mass is 10.0. The van der Waals surface area contributed by atoms with E-state index in [9.17, 15) is 4.79 Å². The second kappa shape index (κ2) is 8.08. The Hall–Kier alpha value is -3.90. The van der Waals surface area contributed by atoms with Gasteiger partial charge in [0, 0.05) is 40.0 Å². The van der Waals surface area contributed by atoms with Crippen molar-refractivity contribution in [1.29, 1.82) is 0 Å². The molecule has 3 aromatic heterocycles. The first-order valence-electron chi connectivity index (χ1n) is 9.81. The molecule has 0 saturated carbocycles. The average molecular weight is 423 g/mol. The Morgan fingerprint density at radius 3 is 2.58 bits per heavy atom. The molecular weight excluding hydrogens is 404 g/mol. The van der Waals surface area contributed by atoms with Gasteiger partial charge in [-0.2, -0.15) is 0 Å². The Kier molecular flexibility index (Phi) is 4.98. The summed E-state index contributed by atoms with van der Waals surface area (Å²) >= 11 is 1.61. The van der Waals surface area contributed by atoms with Gasteiger partial charge in [0.1, 0.15) is 0 Å². The summed E-state index contributed by atoms with van der Waals surface area (Å²) in [6, 6.07) is 21.0. The molecule has 6 heteroatoms. The number of para-hydroxylation sites is 1. The number of hydrogen-bond donors (Lipinski definition) is 1. The predicted octanol–water partition coefficient (Wildman–Crippen LogP) is 5.98. The number of benzene rings is 2. The molecule has 31 heavy (non-hydrogen) atoms. The lowest BCUT2D eigenvalue weighted by Crippen LogP contribution is -2.13. The minimum Gasteiger partial charge on any atom is -0.322 e. The van der Waals surface area contributed by atoms with Gasteiger partial charge in [0.2, 0.25) is 0 Å². The maximum absolute atomic E-state index is 13.3. The molecule has 5 nitrogen and oxygen atoms in total. The fourth-order valence-electron chi connectivity index (χ4n) is 3.48. The van der Waals surface area contributed by atoms with E-state index in [1.165, 1.54) is 0 Å². The van der Waals surface area contributed by atoms with E-state index >= 15 is 0 Å². The van der Waals surface area contributed by atoms with Crippen LogP contribution in [0.5, 0.6) is 0 Å². The number of aryl methyl sites for hydroxylation is 1. The van der Waals surface area contributed by atoms with Gasteiger partial charge >= 0.3 is 0 Å². The van der Waals surface area contributed by atoms with Gasteiger partial charge in [-0.3, -0.25) is 9.78 Å². The van der Waals surface area contributed by atoms with E-state index in [4.69, 9.17) is 4.98 Å². The van der Waals surface area contributed by atoms with Crippen molar-refractivity contribution in [2.45, 2.75) is 6.92 Å². The molecule has 0 spiro atoms. The van der Waals surface area contributed by atoms with Gasteiger partial charge in [-0.25, -0.2) is 9.97 Å². The fraction of sp³-hybridized carbons (Fsp3) is 0.0400. The van der Waals surface area contributed by atoms with Crippen molar-refractivity contribution < 1.29 is 4.79 Å². The highest BCUT2D eigenvalue weighted by atomic mass is 32.1. The number of carbonyl (C=O) groups excluding carboxylic acids is 1. The lowest BCUT2D eigenvalue weighted by molar-refractivity contribution is 0.102. The minimum atomic E-state index is -0.185. The first kappa shape index (κ1) is 19.1. The van der Waals surface area contributed by atoms with Crippen molar-refractivity contribution in [2.24, 2.45) is 0 Å². The van der Waals surface area contributed by atoms with Crippen molar-refractivity contribution in [2.75, 3.05) is 5.32 Å². The second-order valence-electron chi connectivity index (χ2n) is 7.10. The third kappa shape index (κ3) is 3.93. The summed E-state index contributed by atoms with van der Waals surface area (Å²) in [6.45, 7) is 1.98. The summed E-state index contributed by atoms with van der Waals surface area (Å²) in [7, 11) is 0. The van der Waals surface area contributed by atoms with Gasteiger partial charge in [0.15, 0.2) is 0 Å². The summed E-state index contributed by atoms with van der Waals surface area (Å²) in [4.78, 5) is 26.7. The molecule has 2 aromatic carbocycles. The van der Waals surface area contributed by atoms with Gasteiger partial charge in [0.05, 0.1) is 27.5 Å². The molecule has 0 saturated heterocycles. The topological polar surface area (TPSA) is 67.8 Å². The van der Waals surface area contributed by atoms with Crippen molar-refractivity contribution >= 4 is 33.8 Å². The maximum atomic E-state index is 13.3. The van der Waals surface area contributed by atoms with Crippen molar-refractivity contribution in [3.63, 3.8) is 0 Å². The van der Waals surface area contributed by atoms with E-state index in [0.29, 0.717) is 11.3 Å². The number of nitrogens with one attached hydrogen (secondary N) is 1. The van der Waals surface area contributed by atoms with Crippen LogP contribution in [0.4, 0.5) is 5.69 Å². The monoisotopic (exact) mass is 422 g/mol. The second-order valence-corrected chi connectivity index (χ2v) is 8.16. The molecule has 3 heterocycles. The van der Waals surface area contributed by atoms with E-state index in [0.717, 1.165) is 38.4 Å². The van der Waals surface area contributed by atoms with E-state index in [-0.39, 0.29) is 5.91 Å². The molecule has 0 fully saturated rings. The number of nitrogens with zero attached hydrogens (tertiary/aromatic N) is 3. The third-order valence-corrected chi connectivity index (χ3v) is 5.73. The van der Waals surface area contributed by atoms with Crippen LogP contribution in [-0.4, -0.2) is 20.9 Å². The van der Waals surface area contributed by atoms with Gasteiger partial charge in [0.25, 0.3) is 5.91 Å². The first-order valence-corrected chi connectivity index (χ1v) is 10.7. The number of carbonyl (C=O) groups is 1. The highest BCUT2D eigenvalue weighted by molar-refractivity contribution is 7.09. The molecular formula is C25H18N4OS. The van der Waals surface area contributed by atoms with Gasteiger partial charge in [-0.15, -0.1) is 11.3 Å². The SMILES string of the molecule is Cc1nc(-c2cccc(NC(=O)c3cc(-c4cccnc4)nc4ccccc34)c2)cs1. The average Bonchev–Trinajstić information content (AvgIpc) is 3.25. The lowest BCUT2D eigenvalue weighted by Gasteiger charge is -2.11. The number of anilines is 1. The molecule has 1 amide bonds. The number of pyridine rings is 2. The van der Waals surface area contributed by atoms with Crippen LogP contribution >= 0.6 is 11.3 Å². The highest BCUT2D eigenvalue weighted by Crippen LogP contribution is 2.27. The van der Waals surface area contributed by atoms with Crippen LogP contribution in [-0.2, 0) is 0 Å². The number of aromatic nitrogens is 3. The summed E-state index contributed by atoms with van der Waals surface area (Å²) < 4.78 is 0. The summed E-state index contributed by atoms with van der Waals surface area (Å²) in [5, 5.41) is 6.87. The normalized spacial score (nSPS) is 10.9. The zero-order chi connectivity index (χ0) is 21.2. The van der Waals surface area contributed by atoms with Crippen molar-refractivity contribution in [1.82, 2.24) is 15.0 Å². The fourth-order valence-corrected chi connectivity index (χ4v) is 4.10. The molecule has 1 N–H and O–H groups in total. The highest BCUT2D eigenvalue weighted by Gasteiger charge is 2.15. The van der Waals surface area contributed by atoms with Crippen LogP contribution in [0, 0.1) is 6.92 Å². The van der Waals surface area contributed by atoms with E-state index in [1.807, 2.05) is 79.0 Å². The van der Waals surface area contributed by atoms with Crippen LogP contribution in [0.15, 0.2) is 84.5 Å². The molecule has 150 valence electrons. The molecule has 0 unspecified atom stereocenters. The van der Waals surface area contributed by atoms with Crippen LogP contribution in [0.25, 0.3) is 33.4 Å². The molecule has 0 aliphatic heterocycles. The number of hydrogen-bond acceptors (Lipinski definition) is 5. The molecule has 0 aliphatic carbocycles. The zero-order valence-electron chi connectivity index (χ0n) is 16.7. The van der Waals surface area contributed by atoms with Crippen molar-refractivity contribution in [3.05, 3.63) is 95.1 Å². The van der Waals surface area contributed by atoms with E-state index < -0.39 is 0 Å². The molecule has 0 atom stereocenters. The van der Waals surface area contributed by atoms with Gasteiger partial charge in [-0.05, 0) is 43.3 Å². The number of amides is 1. The summed E-state index contributed by atoms with van der Waals surface area (Å²) in [6.07, 6.45) is 3.47. The smallest absolute Gasteiger partial charge is 0.256 e. The minimum absolute atomic E-state index is 0.185. The maximum Gasteiger partial charge on any atom is 0.256 e. The molecule has 0 bridgehead atoms. The van der Waals surface area contributed by atoms with Crippen LogP contribution in [0.3, 0.4) is 0 Å². The Labute approximate surface area is 183 Å². The van der Waals surface area contributed by atoms with Crippen molar-refractivity contribution in [3.8, 4) is 22.5 Å². The third-order valence-electron chi connectivity index (χ3n) is 4.95.